The quantitative estimate of drug-likeness (QED) is 0.580. The molecule has 0 spiro atoms. The molecule has 0 aliphatic rings. The first kappa shape index (κ1) is 14.4. The molecule has 2 aromatic carbocycles. The van der Waals surface area contributed by atoms with Gasteiger partial charge in [0.2, 0.25) is 0 Å². The number of fused-ring (bicyclic) bond motifs is 1. The van der Waals surface area contributed by atoms with Gasteiger partial charge in [-0.25, -0.2) is 18.2 Å². The average molecular weight is 376 g/mol. The normalized spacial score (nSPS) is 11.3. The zero-order valence-electron chi connectivity index (χ0n) is 10.4. The van der Waals surface area contributed by atoms with Gasteiger partial charge < -0.3 is 0 Å². The molecule has 1 heterocycles. The van der Waals surface area contributed by atoms with Gasteiger partial charge >= 0.3 is 0 Å². The van der Waals surface area contributed by atoms with Crippen LogP contribution in [0.3, 0.4) is 0 Å². The summed E-state index contributed by atoms with van der Waals surface area (Å²) in [5, 5.41) is 0. The van der Waals surface area contributed by atoms with Crippen LogP contribution >= 0.6 is 27.5 Å². The van der Waals surface area contributed by atoms with E-state index < -0.39 is 17.5 Å². The van der Waals surface area contributed by atoms with Crippen LogP contribution in [0.4, 0.5) is 13.2 Å². The molecule has 0 amide bonds. The Kier molecular flexibility index (Phi) is 3.67. The molecule has 0 saturated carbocycles. The van der Waals surface area contributed by atoms with Gasteiger partial charge in [-0.3, -0.25) is 4.57 Å². The second-order valence-electron chi connectivity index (χ2n) is 4.33. The van der Waals surface area contributed by atoms with Gasteiger partial charge in [0.1, 0.15) is 11.6 Å². The molecule has 2 nitrogen and oxygen atoms in total. The minimum absolute atomic E-state index is 0.0239. The van der Waals surface area contributed by atoms with E-state index >= 15 is 0 Å². The molecule has 0 aliphatic heterocycles. The van der Waals surface area contributed by atoms with Gasteiger partial charge in [0, 0.05) is 6.07 Å². The second kappa shape index (κ2) is 5.35. The third-order valence-corrected chi connectivity index (χ3v) is 3.90. The lowest BCUT2D eigenvalue weighted by atomic mass is 10.2. The maximum Gasteiger partial charge on any atom is 0.182 e. The Bertz CT molecular complexity index is 848. The van der Waals surface area contributed by atoms with Crippen LogP contribution in [0.1, 0.15) is 5.82 Å². The van der Waals surface area contributed by atoms with Crippen LogP contribution in [0.5, 0.6) is 0 Å². The lowest BCUT2D eigenvalue weighted by molar-refractivity contribution is 0.504. The van der Waals surface area contributed by atoms with E-state index in [1.165, 1.54) is 28.8 Å². The van der Waals surface area contributed by atoms with E-state index in [9.17, 15) is 13.2 Å². The molecule has 7 heteroatoms. The average Bonchev–Trinajstić information content (AvgIpc) is 2.80. The number of hydrogen-bond donors (Lipinski definition) is 0. The van der Waals surface area contributed by atoms with Crippen LogP contribution in [-0.2, 0) is 5.88 Å². The number of alkyl halides is 1. The van der Waals surface area contributed by atoms with Crippen molar-refractivity contribution in [3.05, 3.63) is 58.1 Å². The largest absolute Gasteiger partial charge is 0.292 e. The minimum atomic E-state index is -1.04. The number of halogens is 5. The standard InChI is InChI=1S/C14H7BrClF3N2/c15-7-4-10-12(5-9(7)18)21(13(6-16)20-10)11-3-1-2-8(17)14(11)19/h1-5H,6H2. The molecule has 0 bridgehead atoms. The van der Waals surface area contributed by atoms with Gasteiger partial charge in [0.05, 0.1) is 27.1 Å². The number of rotatable bonds is 2. The predicted molar refractivity (Wildman–Crippen MR) is 78.2 cm³/mol. The number of nitrogens with zero attached hydrogens (tertiary/aromatic N) is 2. The molecule has 3 rings (SSSR count). The highest BCUT2D eigenvalue weighted by Gasteiger charge is 2.18. The van der Waals surface area contributed by atoms with Crippen LogP contribution < -0.4 is 0 Å². The Morgan fingerprint density at radius 1 is 1.14 bits per heavy atom. The van der Waals surface area contributed by atoms with Crippen molar-refractivity contribution in [1.82, 2.24) is 9.55 Å². The van der Waals surface area contributed by atoms with E-state index in [0.717, 1.165) is 6.07 Å². The van der Waals surface area contributed by atoms with Crippen LogP contribution in [0, 0.1) is 17.5 Å². The van der Waals surface area contributed by atoms with Gasteiger partial charge in [-0.15, -0.1) is 11.6 Å². The predicted octanol–water partition coefficient (Wildman–Crippen LogP) is 4.94. The summed E-state index contributed by atoms with van der Waals surface area (Å²) < 4.78 is 42.7. The minimum Gasteiger partial charge on any atom is -0.292 e. The molecule has 0 fully saturated rings. The maximum absolute atomic E-state index is 14.0. The van der Waals surface area contributed by atoms with Crippen molar-refractivity contribution < 1.29 is 13.2 Å². The summed E-state index contributed by atoms with van der Waals surface area (Å²) in [7, 11) is 0. The van der Waals surface area contributed by atoms with Crippen molar-refractivity contribution in [1.29, 1.82) is 0 Å². The number of benzene rings is 2. The smallest absolute Gasteiger partial charge is 0.182 e. The number of aromatic nitrogens is 2. The highest BCUT2D eigenvalue weighted by atomic mass is 79.9. The highest BCUT2D eigenvalue weighted by molar-refractivity contribution is 9.10. The Hall–Kier alpha value is -1.53. The molecule has 0 aliphatic carbocycles. The summed E-state index contributed by atoms with van der Waals surface area (Å²) in [4.78, 5) is 4.23. The summed E-state index contributed by atoms with van der Waals surface area (Å²) >= 11 is 8.88. The van der Waals surface area contributed by atoms with Crippen LogP contribution in [-0.4, -0.2) is 9.55 Å². The van der Waals surface area contributed by atoms with Gasteiger partial charge in [-0.1, -0.05) is 6.07 Å². The second-order valence-corrected chi connectivity index (χ2v) is 5.45. The van der Waals surface area contributed by atoms with Crippen molar-refractivity contribution in [2.45, 2.75) is 5.88 Å². The Labute approximate surface area is 131 Å². The van der Waals surface area contributed by atoms with Crippen molar-refractivity contribution in [2.24, 2.45) is 0 Å². The number of hydrogen-bond acceptors (Lipinski definition) is 1. The fourth-order valence-corrected chi connectivity index (χ4v) is 2.66. The van der Waals surface area contributed by atoms with Crippen molar-refractivity contribution in [3.63, 3.8) is 0 Å². The van der Waals surface area contributed by atoms with Crippen molar-refractivity contribution in [3.8, 4) is 5.69 Å². The summed E-state index contributed by atoms with van der Waals surface area (Å²) in [6.07, 6.45) is 0. The Morgan fingerprint density at radius 3 is 2.62 bits per heavy atom. The van der Waals surface area contributed by atoms with E-state index in [0.29, 0.717) is 16.9 Å². The fraction of sp³-hybridized carbons (Fsp3) is 0.0714. The summed E-state index contributed by atoms with van der Waals surface area (Å²) in [6, 6.07) is 6.43. The fourth-order valence-electron chi connectivity index (χ4n) is 2.15. The Balaban J connectivity index is 2.40. The van der Waals surface area contributed by atoms with Crippen LogP contribution in [0.15, 0.2) is 34.8 Å². The molecule has 0 unspecified atom stereocenters. The third kappa shape index (κ3) is 2.32. The third-order valence-electron chi connectivity index (χ3n) is 3.06. The lowest BCUT2D eigenvalue weighted by Gasteiger charge is -2.09. The zero-order valence-corrected chi connectivity index (χ0v) is 12.7. The first-order chi connectivity index (χ1) is 10.0. The molecule has 1 aromatic heterocycles. The first-order valence-corrected chi connectivity index (χ1v) is 7.22. The van der Waals surface area contributed by atoms with E-state index in [1.54, 1.807) is 0 Å². The van der Waals surface area contributed by atoms with E-state index in [2.05, 4.69) is 20.9 Å². The van der Waals surface area contributed by atoms with E-state index in [1.807, 2.05) is 0 Å². The molecular weight excluding hydrogens is 369 g/mol. The molecular formula is C14H7BrClF3N2. The summed E-state index contributed by atoms with van der Waals surface area (Å²) in [6.45, 7) is 0. The van der Waals surface area contributed by atoms with Gasteiger partial charge in [0.15, 0.2) is 11.6 Å². The molecule has 108 valence electrons. The van der Waals surface area contributed by atoms with Gasteiger partial charge in [0.25, 0.3) is 0 Å². The van der Waals surface area contributed by atoms with Crippen molar-refractivity contribution >= 4 is 38.6 Å². The van der Waals surface area contributed by atoms with Crippen LogP contribution in [0.2, 0.25) is 0 Å². The van der Waals surface area contributed by atoms with Crippen LogP contribution in [0.25, 0.3) is 16.7 Å². The zero-order chi connectivity index (χ0) is 15.1. The Morgan fingerprint density at radius 2 is 1.90 bits per heavy atom. The molecule has 3 aromatic rings. The molecule has 0 atom stereocenters. The monoisotopic (exact) mass is 374 g/mol. The van der Waals surface area contributed by atoms with E-state index in [4.69, 9.17) is 11.6 Å². The van der Waals surface area contributed by atoms with Gasteiger partial charge in [-0.2, -0.15) is 0 Å². The highest BCUT2D eigenvalue weighted by Crippen LogP contribution is 2.29. The molecule has 21 heavy (non-hydrogen) atoms. The van der Waals surface area contributed by atoms with E-state index in [-0.39, 0.29) is 16.0 Å². The topological polar surface area (TPSA) is 17.8 Å². The molecule has 0 saturated heterocycles. The van der Waals surface area contributed by atoms with Gasteiger partial charge in [-0.05, 0) is 34.1 Å². The number of imidazole rings is 1. The molecule has 0 radical (unpaired) electrons. The summed E-state index contributed by atoms with van der Waals surface area (Å²) in [5.41, 5.74) is 0.688. The maximum atomic E-state index is 14.0. The first-order valence-electron chi connectivity index (χ1n) is 5.89. The summed E-state index contributed by atoms with van der Waals surface area (Å²) in [5.74, 6) is -2.28. The van der Waals surface area contributed by atoms with Crippen molar-refractivity contribution in [2.75, 3.05) is 0 Å². The molecule has 0 N–H and O–H groups in total. The lowest BCUT2D eigenvalue weighted by Crippen LogP contribution is -2.03. The SMILES string of the molecule is Fc1cc2c(cc1Br)nc(CCl)n2-c1cccc(F)c1F.